The van der Waals surface area contributed by atoms with E-state index in [2.05, 4.69) is 5.32 Å². The van der Waals surface area contributed by atoms with E-state index in [0.29, 0.717) is 28.4 Å². The zero-order valence-corrected chi connectivity index (χ0v) is 16.1. The van der Waals surface area contributed by atoms with Crippen molar-refractivity contribution in [3.05, 3.63) is 47.5 Å². The van der Waals surface area contributed by atoms with Gasteiger partial charge in [0.05, 0.1) is 32.6 Å². The van der Waals surface area contributed by atoms with Crippen LogP contribution in [0.3, 0.4) is 0 Å². The van der Waals surface area contributed by atoms with Crippen molar-refractivity contribution in [2.24, 2.45) is 5.14 Å². The molecular weight excluding hydrogens is 372 g/mol. The number of hydrogen-bond donors (Lipinski definition) is 2. The summed E-state index contributed by atoms with van der Waals surface area (Å²) >= 11 is 0. The first kappa shape index (κ1) is 20.5. The topological polar surface area (TPSA) is 117 Å². The van der Waals surface area contributed by atoms with Crippen molar-refractivity contribution in [1.29, 1.82) is 0 Å². The smallest absolute Gasteiger partial charge is 0.238 e. The predicted molar refractivity (Wildman–Crippen MR) is 99.5 cm³/mol. The van der Waals surface area contributed by atoms with Crippen LogP contribution in [0.2, 0.25) is 0 Å². The summed E-state index contributed by atoms with van der Waals surface area (Å²) in [5.41, 5.74) is 1.31. The Morgan fingerprint density at radius 3 is 2.15 bits per heavy atom. The van der Waals surface area contributed by atoms with Crippen LogP contribution in [0.15, 0.2) is 41.3 Å². The normalized spacial score (nSPS) is 11.0. The maximum Gasteiger partial charge on any atom is 0.238 e. The van der Waals surface area contributed by atoms with Crippen LogP contribution in [0.4, 0.5) is 0 Å². The minimum absolute atomic E-state index is 0.00104. The van der Waals surface area contributed by atoms with E-state index in [-0.39, 0.29) is 23.8 Å². The van der Waals surface area contributed by atoms with Crippen LogP contribution >= 0.6 is 0 Å². The predicted octanol–water partition coefficient (Wildman–Crippen LogP) is 1.22. The van der Waals surface area contributed by atoms with E-state index in [1.165, 1.54) is 33.5 Å². The molecule has 0 spiro atoms. The maximum absolute atomic E-state index is 12.3. The Kier molecular flexibility index (Phi) is 6.65. The number of sulfonamides is 1. The lowest BCUT2D eigenvalue weighted by Crippen LogP contribution is -2.24. The first-order valence-corrected chi connectivity index (χ1v) is 9.50. The van der Waals surface area contributed by atoms with E-state index in [9.17, 15) is 13.2 Å². The SMILES string of the molecule is COc1cc(CC(=O)NCc2cccc(S(N)(=O)=O)c2)cc(OC)c1OC. The highest BCUT2D eigenvalue weighted by molar-refractivity contribution is 7.89. The van der Waals surface area contributed by atoms with Crippen LogP contribution in [0.25, 0.3) is 0 Å². The van der Waals surface area contributed by atoms with Crippen LogP contribution in [0, 0.1) is 0 Å². The third kappa shape index (κ3) is 5.35. The number of primary sulfonamides is 1. The van der Waals surface area contributed by atoms with Crippen molar-refractivity contribution >= 4 is 15.9 Å². The number of amides is 1. The zero-order chi connectivity index (χ0) is 20.0. The summed E-state index contributed by atoms with van der Waals surface area (Å²) in [5, 5.41) is 7.86. The second-order valence-corrected chi connectivity index (χ2v) is 7.24. The van der Waals surface area contributed by atoms with Gasteiger partial charge in [-0.05, 0) is 35.4 Å². The summed E-state index contributed by atoms with van der Waals surface area (Å²) < 4.78 is 38.6. The lowest BCUT2D eigenvalue weighted by atomic mass is 10.1. The second kappa shape index (κ2) is 8.74. The summed E-state index contributed by atoms with van der Waals surface area (Å²) in [5.74, 6) is 1.12. The second-order valence-electron chi connectivity index (χ2n) is 5.68. The van der Waals surface area contributed by atoms with Gasteiger partial charge in [-0.15, -0.1) is 0 Å². The monoisotopic (exact) mass is 394 g/mol. The third-order valence-corrected chi connectivity index (χ3v) is 4.72. The highest BCUT2D eigenvalue weighted by Gasteiger charge is 2.15. The molecule has 0 heterocycles. The average Bonchev–Trinajstić information content (AvgIpc) is 2.65. The van der Waals surface area contributed by atoms with Crippen molar-refractivity contribution < 1.29 is 27.4 Å². The number of rotatable bonds is 8. The van der Waals surface area contributed by atoms with Gasteiger partial charge in [-0.25, -0.2) is 13.6 Å². The van der Waals surface area contributed by atoms with Crippen molar-refractivity contribution in [2.45, 2.75) is 17.9 Å². The summed E-state index contributed by atoms with van der Waals surface area (Å²) in [6.07, 6.45) is 0.0889. The van der Waals surface area contributed by atoms with E-state index in [4.69, 9.17) is 19.3 Å². The van der Waals surface area contributed by atoms with Gasteiger partial charge in [0.1, 0.15) is 0 Å². The number of carbonyl (C=O) groups is 1. The molecule has 0 aliphatic carbocycles. The molecule has 27 heavy (non-hydrogen) atoms. The van der Waals surface area contributed by atoms with Gasteiger partial charge < -0.3 is 19.5 Å². The van der Waals surface area contributed by atoms with Crippen LogP contribution < -0.4 is 24.7 Å². The maximum atomic E-state index is 12.3. The van der Waals surface area contributed by atoms with E-state index < -0.39 is 10.0 Å². The molecule has 0 aromatic heterocycles. The molecule has 0 aliphatic heterocycles. The van der Waals surface area contributed by atoms with Gasteiger partial charge in [0.25, 0.3) is 0 Å². The first-order chi connectivity index (χ1) is 12.8. The van der Waals surface area contributed by atoms with Crippen molar-refractivity contribution in [1.82, 2.24) is 5.32 Å². The molecule has 0 fully saturated rings. The lowest BCUT2D eigenvalue weighted by Gasteiger charge is -2.14. The Balaban J connectivity index is 2.08. The molecule has 0 saturated carbocycles. The van der Waals surface area contributed by atoms with Crippen LogP contribution in [-0.4, -0.2) is 35.7 Å². The molecule has 0 atom stereocenters. The molecule has 146 valence electrons. The Morgan fingerprint density at radius 2 is 1.63 bits per heavy atom. The Bertz CT molecular complexity index is 902. The van der Waals surface area contributed by atoms with Gasteiger partial charge in [0.15, 0.2) is 11.5 Å². The first-order valence-electron chi connectivity index (χ1n) is 7.95. The Hall–Kier alpha value is -2.78. The van der Waals surface area contributed by atoms with Gasteiger partial charge in [0, 0.05) is 6.54 Å². The molecule has 8 nitrogen and oxygen atoms in total. The average molecular weight is 394 g/mol. The summed E-state index contributed by atoms with van der Waals surface area (Å²) in [6, 6.07) is 9.49. The lowest BCUT2D eigenvalue weighted by molar-refractivity contribution is -0.120. The molecule has 2 aromatic rings. The van der Waals surface area contributed by atoms with E-state index >= 15 is 0 Å². The van der Waals surface area contributed by atoms with E-state index in [1.54, 1.807) is 24.3 Å². The van der Waals surface area contributed by atoms with Crippen molar-refractivity contribution in [3.8, 4) is 17.2 Å². The molecule has 3 N–H and O–H groups in total. The molecular formula is C18H22N2O6S. The quantitative estimate of drug-likeness (QED) is 0.695. The number of carbonyl (C=O) groups excluding carboxylic acids is 1. The number of benzene rings is 2. The molecule has 9 heteroatoms. The van der Waals surface area contributed by atoms with Crippen molar-refractivity contribution in [2.75, 3.05) is 21.3 Å². The van der Waals surface area contributed by atoms with Gasteiger partial charge in [-0.2, -0.15) is 0 Å². The fraction of sp³-hybridized carbons (Fsp3) is 0.278. The Morgan fingerprint density at radius 1 is 1.00 bits per heavy atom. The molecule has 0 bridgehead atoms. The fourth-order valence-electron chi connectivity index (χ4n) is 2.52. The molecule has 0 radical (unpaired) electrons. The van der Waals surface area contributed by atoms with Crippen molar-refractivity contribution in [3.63, 3.8) is 0 Å². The van der Waals surface area contributed by atoms with E-state index in [1.807, 2.05) is 0 Å². The van der Waals surface area contributed by atoms with Gasteiger partial charge in [-0.1, -0.05) is 12.1 Å². The van der Waals surface area contributed by atoms with Gasteiger partial charge in [0.2, 0.25) is 21.7 Å². The van der Waals surface area contributed by atoms with Gasteiger partial charge in [-0.3, -0.25) is 4.79 Å². The minimum atomic E-state index is -3.79. The van der Waals surface area contributed by atoms with Gasteiger partial charge >= 0.3 is 0 Å². The molecule has 0 unspecified atom stereocenters. The number of methoxy groups -OCH3 is 3. The standard InChI is InChI=1S/C18H22N2O6S/c1-24-15-8-13(9-16(25-2)18(15)26-3)10-17(21)20-11-12-5-4-6-14(7-12)27(19,22)23/h4-9H,10-11H2,1-3H3,(H,20,21)(H2,19,22,23). The van der Waals surface area contributed by atoms with E-state index in [0.717, 1.165) is 0 Å². The highest BCUT2D eigenvalue weighted by Crippen LogP contribution is 2.38. The van der Waals surface area contributed by atoms with Crippen LogP contribution in [0.1, 0.15) is 11.1 Å². The number of nitrogens with two attached hydrogens (primary N) is 1. The molecule has 2 rings (SSSR count). The third-order valence-electron chi connectivity index (χ3n) is 3.81. The minimum Gasteiger partial charge on any atom is -0.493 e. The molecule has 0 saturated heterocycles. The molecule has 2 aromatic carbocycles. The zero-order valence-electron chi connectivity index (χ0n) is 15.3. The number of nitrogens with one attached hydrogen (secondary N) is 1. The number of hydrogen-bond acceptors (Lipinski definition) is 6. The van der Waals surface area contributed by atoms with Crippen LogP contribution in [-0.2, 0) is 27.8 Å². The highest BCUT2D eigenvalue weighted by atomic mass is 32.2. The Labute approximate surface area is 158 Å². The summed E-state index contributed by atoms with van der Waals surface area (Å²) in [7, 11) is 0.715. The largest absolute Gasteiger partial charge is 0.493 e. The number of ether oxygens (including phenoxy) is 3. The summed E-state index contributed by atoms with van der Waals surface area (Å²) in [6.45, 7) is 0.173. The summed E-state index contributed by atoms with van der Waals surface area (Å²) in [4.78, 5) is 12.3. The fourth-order valence-corrected chi connectivity index (χ4v) is 3.10. The van der Waals surface area contributed by atoms with Crippen LogP contribution in [0.5, 0.6) is 17.2 Å². The molecule has 0 aliphatic rings. The molecule has 1 amide bonds.